The van der Waals surface area contributed by atoms with Crippen molar-refractivity contribution in [3.05, 3.63) is 34.2 Å². The summed E-state index contributed by atoms with van der Waals surface area (Å²) < 4.78 is 1.38. The second-order valence-electron chi connectivity index (χ2n) is 3.86. The summed E-state index contributed by atoms with van der Waals surface area (Å²) in [4.78, 5) is 36.2. The number of hydrogen-bond acceptors (Lipinski definition) is 3. The summed E-state index contributed by atoms with van der Waals surface area (Å²) in [6.45, 7) is 2.17. The average molecular weight is 251 g/mol. The number of amides is 2. The molecule has 1 heterocycles. The van der Waals surface area contributed by atoms with Crippen molar-refractivity contribution < 1.29 is 9.59 Å². The standard InChI is InChI=1S/C12H17N3O3/c1-4-15(8-10(16)13-2)12(18)9-5-6-14(3)11(17)7-9/h5-7H,4,8H2,1-3H3,(H,13,16). The predicted molar refractivity (Wildman–Crippen MR) is 67.3 cm³/mol. The molecule has 98 valence electrons. The SMILES string of the molecule is CCN(CC(=O)NC)C(=O)c1ccn(C)c(=O)c1. The maximum atomic E-state index is 12.1. The summed E-state index contributed by atoms with van der Waals surface area (Å²) in [5, 5.41) is 2.46. The van der Waals surface area contributed by atoms with Crippen molar-refractivity contribution in [3.8, 4) is 0 Å². The van der Waals surface area contributed by atoms with Crippen LogP contribution in [0.25, 0.3) is 0 Å². The zero-order valence-electron chi connectivity index (χ0n) is 10.8. The van der Waals surface area contributed by atoms with Crippen LogP contribution in [0.4, 0.5) is 0 Å². The van der Waals surface area contributed by atoms with E-state index in [9.17, 15) is 14.4 Å². The second kappa shape index (κ2) is 6.00. The lowest BCUT2D eigenvalue weighted by Gasteiger charge is -2.19. The lowest BCUT2D eigenvalue weighted by molar-refractivity contribution is -0.121. The highest BCUT2D eigenvalue weighted by Crippen LogP contribution is 2.02. The predicted octanol–water partition coefficient (Wildman–Crippen LogP) is -0.407. The molecular weight excluding hydrogens is 234 g/mol. The first-order valence-electron chi connectivity index (χ1n) is 5.66. The molecule has 1 N–H and O–H groups in total. The van der Waals surface area contributed by atoms with E-state index in [-0.39, 0.29) is 23.9 Å². The Balaban J connectivity index is 2.93. The van der Waals surface area contributed by atoms with Gasteiger partial charge in [0, 0.05) is 38.5 Å². The van der Waals surface area contributed by atoms with E-state index in [0.717, 1.165) is 0 Å². The molecule has 0 radical (unpaired) electrons. The summed E-state index contributed by atoms with van der Waals surface area (Å²) in [7, 11) is 3.12. The minimum atomic E-state index is -0.321. The van der Waals surface area contributed by atoms with Gasteiger partial charge in [0.05, 0.1) is 6.54 Å². The molecule has 0 unspecified atom stereocenters. The zero-order valence-corrected chi connectivity index (χ0v) is 10.8. The highest BCUT2D eigenvalue weighted by molar-refractivity contribution is 5.96. The lowest BCUT2D eigenvalue weighted by atomic mass is 10.2. The Kier molecular flexibility index (Phi) is 4.65. The van der Waals surface area contributed by atoms with Crippen LogP contribution >= 0.6 is 0 Å². The first-order chi connectivity index (χ1) is 8.49. The Labute approximate surface area is 105 Å². The number of pyridine rings is 1. The molecule has 0 aliphatic rings. The molecule has 0 aliphatic heterocycles. The normalized spacial score (nSPS) is 9.94. The molecule has 6 heteroatoms. The van der Waals surface area contributed by atoms with Gasteiger partial charge in [0.2, 0.25) is 5.91 Å². The van der Waals surface area contributed by atoms with Gasteiger partial charge in [-0.05, 0) is 13.0 Å². The molecule has 0 fully saturated rings. The van der Waals surface area contributed by atoms with Crippen molar-refractivity contribution in [3.63, 3.8) is 0 Å². The number of aryl methyl sites for hydroxylation is 1. The van der Waals surface area contributed by atoms with Crippen molar-refractivity contribution in [1.82, 2.24) is 14.8 Å². The van der Waals surface area contributed by atoms with Gasteiger partial charge in [-0.15, -0.1) is 0 Å². The first kappa shape index (κ1) is 14.0. The first-order valence-corrected chi connectivity index (χ1v) is 5.66. The van der Waals surface area contributed by atoms with Crippen LogP contribution in [0.3, 0.4) is 0 Å². The van der Waals surface area contributed by atoms with Gasteiger partial charge in [-0.2, -0.15) is 0 Å². The largest absolute Gasteiger partial charge is 0.358 e. The number of carbonyl (C=O) groups is 2. The van der Waals surface area contributed by atoms with Crippen LogP contribution in [0.5, 0.6) is 0 Å². The number of carbonyl (C=O) groups excluding carboxylic acids is 2. The van der Waals surface area contributed by atoms with Gasteiger partial charge < -0.3 is 14.8 Å². The Morgan fingerprint density at radius 2 is 2.11 bits per heavy atom. The third kappa shape index (κ3) is 3.19. The van der Waals surface area contributed by atoms with Gasteiger partial charge in [0.15, 0.2) is 0 Å². The van der Waals surface area contributed by atoms with Crippen LogP contribution in [-0.2, 0) is 11.8 Å². The number of likely N-dealkylation sites (N-methyl/N-ethyl adjacent to an activating group) is 2. The van der Waals surface area contributed by atoms with Crippen molar-refractivity contribution in [1.29, 1.82) is 0 Å². The van der Waals surface area contributed by atoms with Crippen LogP contribution in [0, 0.1) is 0 Å². The van der Waals surface area contributed by atoms with Crippen LogP contribution in [-0.4, -0.2) is 41.4 Å². The minimum absolute atomic E-state index is 0.0129. The average Bonchev–Trinajstić information content (AvgIpc) is 2.38. The summed E-state index contributed by atoms with van der Waals surface area (Å²) in [6, 6.07) is 2.84. The van der Waals surface area contributed by atoms with Crippen LogP contribution in [0.2, 0.25) is 0 Å². The van der Waals surface area contributed by atoms with E-state index < -0.39 is 0 Å². The lowest BCUT2D eigenvalue weighted by Crippen LogP contribution is -2.39. The molecule has 0 spiro atoms. The minimum Gasteiger partial charge on any atom is -0.358 e. The molecule has 1 aromatic heterocycles. The topological polar surface area (TPSA) is 71.4 Å². The molecule has 0 bridgehead atoms. The Hall–Kier alpha value is -2.11. The summed E-state index contributed by atoms with van der Waals surface area (Å²) >= 11 is 0. The van der Waals surface area contributed by atoms with E-state index in [2.05, 4.69) is 5.32 Å². The Morgan fingerprint density at radius 1 is 1.44 bits per heavy atom. The molecule has 0 aromatic carbocycles. The molecule has 1 rings (SSSR count). The Bertz CT molecular complexity index is 508. The van der Waals surface area contributed by atoms with Gasteiger partial charge in [0.25, 0.3) is 11.5 Å². The summed E-state index contributed by atoms with van der Waals surface area (Å²) in [5.74, 6) is -0.562. The van der Waals surface area contributed by atoms with Crippen molar-refractivity contribution in [2.24, 2.45) is 7.05 Å². The summed E-state index contributed by atoms with van der Waals surface area (Å²) in [6.07, 6.45) is 1.53. The van der Waals surface area contributed by atoms with Crippen LogP contribution in [0.15, 0.2) is 23.1 Å². The quantitative estimate of drug-likeness (QED) is 0.791. The van der Waals surface area contributed by atoms with Gasteiger partial charge in [0.1, 0.15) is 0 Å². The fourth-order valence-electron chi connectivity index (χ4n) is 1.44. The van der Waals surface area contributed by atoms with Crippen molar-refractivity contribution in [2.75, 3.05) is 20.1 Å². The van der Waals surface area contributed by atoms with E-state index in [0.29, 0.717) is 12.1 Å². The maximum Gasteiger partial charge on any atom is 0.254 e. The highest BCUT2D eigenvalue weighted by Gasteiger charge is 2.17. The third-order valence-electron chi connectivity index (χ3n) is 2.63. The fourth-order valence-corrected chi connectivity index (χ4v) is 1.44. The number of nitrogens with one attached hydrogen (secondary N) is 1. The van der Waals surface area contributed by atoms with Gasteiger partial charge >= 0.3 is 0 Å². The molecule has 0 atom stereocenters. The van der Waals surface area contributed by atoms with Crippen molar-refractivity contribution >= 4 is 11.8 Å². The third-order valence-corrected chi connectivity index (χ3v) is 2.63. The van der Waals surface area contributed by atoms with E-state index in [1.54, 1.807) is 20.0 Å². The Morgan fingerprint density at radius 3 is 2.61 bits per heavy atom. The zero-order chi connectivity index (χ0) is 13.7. The van der Waals surface area contributed by atoms with Gasteiger partial charge in [-0.3, -0.25) is 14.4 Å². The molecular formula is C12H17N3O3. The molecule has 0 saturated carbocycles. The molecule has 6 nitrogen and oxygen atoms in total. The van der Waals surface area contributed by atoms with Crippen LogP contribution < -0.4 is 10.9 Å². The number of aromatic nitrogens is 1. The molecule has 0 aliphatic carbocycles. The van der Waals surface area contributed by atoms with E-state index in [4.69, 9.17) is 0 Å². The molecule has 18 heavy (non-hydrogen) atoms. The maximum absolute atomic E-state index is 12.1. The highest BCUT2D eigenvalue weighted by atomic mass is 16.2. The van der Waals surface area contributed by atoms with Crippen LogP contribution in [0.1, 0.15) is 17.3 Å². The smallest absolute Gasteiger partial charge is 0.254 e. The van der Waals surface area contributed by atoms with Crippen molar-refractivity contribution in [2.45, 2.75) is 6.92 Å². The fraction of sp³-hybridized carbons (Fsp3) is 0.417. The number of hydrogen-bond donors (Lipinski definition) is 1. The number of nitrogens with zero attached hydrogens (tertiary/aromatic N) is 2. The van der Waals surface area contributed by atoms with E-state index in [1.807, 2.05) is 0 Å². The molecule has 0 saturated heterocycles. The summed E-state index contributed by atoms with van der Waals surface area (Å²) in [5.41, 5.74) is 0.0423. The van der Waals surface area contributed by atoms with Gasteiger partial charge in [-0.1, -0.05) is 0 Å². The number of rotatable bonds is 4. The molecule has 1 aromatic rings. The molecule has 2 amide bonds. The monoisotopic (exact) mass is 251 g/mol. The van der Waals surface area contributed by atoms with E-state index in [1.165, 1.54) is 28.8 Å². The second-order valence-corrected chi connectivity index (χ2v) is 3.86. The van der Waals surface area contributed by atoms with E-state index >= 15 is 0 Å². The van der Waals surface area contributed by atoms with Gasteiger partial charge in [-0.25, -0.2) is 0 Å².